The molecule has 2 rings (SSSR count). The lowest BCUT2D eigenvalue weighted by Crippen LogP contribution is -2.31. The van der Waals surface area contributed by atoms with E-state index in [-0.39, 0.29) is 17.9 Å². The maximum atomic E-state index is 10.8. The fraction of sp³-hybridized carbons (Fsp3) is 0.583. The van der Waals surface area contributed by atoms with Gasteiger partial charge in [-0.25, -0.2) is 9.97 Å². The number of aromatic nitrogens is 2. The molecule has 1 heterocycles. The van der Waals surface area contributed by atoms with Gasteiger partial charge in [0.1, 0.15) is 5.82 Å². The summed E-state index contributed by atoms with van der Waals surface area (Å²) in [4.78, 5) is 19.4. The van der Waals surface area contributed by atoms with Crippen molar-refractivity contribution in [1.82, 2.24) is 9.97 Å². The summed E-state index contributed by atoms with van der Waals surface area (Å²) in [6.07, 6.45) is 3.62. The standard InChI is InChI=1S/C12H18N4O/c1-12(2)4-8(13)7-6-15-11(3-10(14)17)16-9(7)5-12/h6,8H,3-5,13H2,1-2H3,(H2,14,17). The first kappa shape index (κ1) is 12.0. The Balaban J connectivity index is 2.34. The quantitative estimate of drug-likeness (QED) is 0.778. The number of nitrogens with zero attached hydrogens (tertiary/aromatic N) is 2. The fourth-order valence-corrected chi connectivity index (χ4v) is 2.39. The Morgan fingerprint density at radius 3 is 2.94 bits per heavy atom. The number of hydrogen-bond acceptors (Lipinski definition) is 4. The first-order chi connectivity index (χ1) is 7.87. The van der Waals surface area contributed by atoms with Crippen molar-refractivity contribution in [2.24, 2.45) is 16.9 Å². The Morgan fingerprint density at radius 1 is 1.59 bits per heavy atom. The molecule has 1 aliphatic rings. The van der Waals surface area contributed by atoms with Gasteiger partial charge in [-0.15, -0.1) is 0 Å². The molecule has 0 saturated heterocycles. The van der Waals surface area contributed by atoms with Gasteiger partial charge in [0.15, 0.2) is 0 Å². The Labute approximate surface area is 101 Å². The molecular formula is C12H18N4O. The third kappa shape index (κ3) is 2.61. The van der Waals surface area contributed by atoms with E-state index in [0.29, 0.717) is 5.82 Å². The maximum absolute atomic E-state index is 10.8. The van der Waals surface area contributed by atoms with Crippen LogP contribution in [0.25, 0.3) is 0 Å². The first-order valence-corrected chi connectivity index (χ1v) is 5.76. The number of nitrogens with two attached hydrogens (primary N) is 2. The van der Waals surface area contributed by atoms with Gasteiger partial charge in [-0.3, -0.25) is 4.79 Å². The highest BCUT2D eigenvalue weighted by Gasteiger charge is 2.31. The molecular weight excluding hydrogens is 216 g/mol. The van der Waals surface area contributed by atoms with Crippen molar-refractivity contribution in [3.63, 3.8) is 0 Å². The van der Waals surface area contributed by atoms with Gasteiger partial charge in [-0.05, 0) is 18.3 Å². The molecule has 0 spiro atoms. The van der Waals surface area contributed by atoms with Crippen molar-refractivity contribution < 1.29 is 4.79 Å². The number of amides is 1. The van der Waals surface area contributed by atoms with Crippen LogP contribution in [0.15, 0.2) is 6.20 Å². The van der Waals surface area contributed by atoms with Crippen molar-refractivity contribution >= 4 is 5.91 Å². The zero-order valence-corrected chi connectivity index (χ0v) is 10.2. The predicted octanol–water partition coefficient (Wildman–Crippen LogP) is 0.477. The fourth-order valence-electron chi connectivity index (χ4n) is 2.39. The topological polar surface area (TPSA) is 94.9 Å². The monoisotopic (exact) mass is 234 g/mol. The number of carbonyl (C=O) groups excluding carboxylic acids is 1. The van der Waals surface area contributed by atoms with Crippen molar-refractivity contribution in [2.45, 2.75) is 39.2 Å². The second-order valence-corrected chi connectivity index (χ2v) is 5.48. The summed E-state index contributed by atoms with van der Waals surface area (Å²) in [5.74, 6) is 0.0745. The van der Waals surface area contributed by atoms with E-state index < -0.39 is 5.91 Å². The zero-order chi connectivity index (χ0) is 12.6. The van der Waals surface area contributed by atoms with Crippen LogP contribution in [0.1, 0.15) is 43.4 Å². The van der Waals surface area contributed by atoms with E-state index >= 15 is 0 Å². The molecule has 5 nitrogen and oxygen atoms in total. The van der Waals surface area contributed by atoms with E-state index in [1.54, 1.807) is 6.20 Å². The lowest BCUT2D eigenvalue weighted by atomic mass is 9.74. The average molecular weight is 234 g/mol. The van der Waals surface area contributed by atoms with Crippen LogP contribution >= 0.6 is 0 Å². The molecule has 0 radical (unpaired) electrons. The van der Waals surface area contributed by atoms with Crippen LogP contribution in [0.4, 0.5) is 0 Å². The van der Waals surface area contributed by atoms with Gasteiger partial charge in [-0.1, -0.05) is 13.8 Å². The van der Waals surface area contributed by atoms with Crippen molar-refractivity contribution in [2.75, 3.05) is 0 Å². The van der Waals surface area contributed by atoms with Gasteiger partial charge in [0.2, 0.25) is 5.91 Å². The number of rotatable bonds is 2. The predicted molar refractivity (Wildman–Crippen MR) is 64.0 cm³/mol. The van der Waals surface area contributed by atoms with Crippen molar-refractivity contribution in [3.8, 4) is 0 Å². The summed E-state index contributed by atoms with van der Waals surface area (Å²) in [6.45, 7) is 4.34. The van der Waals surface area contributed by atoms with Crippen molar-refractivity contribution in [3.05, 3.63) is 23.3 Å². The van der Waals surface area contributed by atoms with E-state index in [9.17, 15) is 4.79 Å². The number of hydrogen-bond donors (Lipinski definition) is 2. The van der Waals surface area contributed by atoms with E-state index in [1.165, 1.54) is 0 Å². The van der Waals surface area contributed by atoms with E-state index in [0.717, 1.165) is 24.1 Å². The van der Waals surface area contributed by atoms with Crippen molar-refractivity contribution in [1.29, 1.82) is 0 Å². The molecule has 17 heavy (non-hydrogen) atoms. The molecule has 1 amide bonds. The average Bonchev–Trinajstić information content (AvgIpc) is 2.13. The smallest absolute Gasteiger partial charge is 0.225 e. The molecule has 1 unspecified atom stereocenters. The lowest BCUT2D eigenvalue weighted by Gasteiger charge is -2.34. The van der Waals surface area contributed by atoms with E-state index in [4.69, 9.17) is 11.5 Å². The summed E-state index contributed by atoms with van der Waals surface area (Å²) in [7, 11) is 0. The summed E-state index contributed by atoms with van der Waals surface area (Å²) < 4.78 is 0. The van der Waals surface area contributed by atoms with Crippen LogP contribution in [0.3, 0.4) is 0 Å². The highest BCUT2D eigenvalue weighted by atomic mass is 16.1. The second-order valence-electron chi connectivity index (χ2n) is 5.48. The highest BCUT2D eigenvalue weighted by molar-refractivity contribution is 5.75. The maximum Gasteiger partial charge on any atom is 0.225 e. The Morgan fingerprint density at radius 2 is 2.29 bits per heavy atom. The van der Waals surface area contributed by atoms with Gasteiger partial charge in [0.05, 0.1) is 6.42 Å². The molecule has 1 atom stereocenters. The summed E-state index contributed by atoms with van der Waals surface area (Å²) in [6, 6.07) is -0.0172. The Bertz CT molecular complexity index is 456. The van der Waals surface area contributed by atoms with Gasteiger partial charge in [-0.2, -0.15) is 0 Å². The summed E-state index contributed by atoms with van der Waals surface area (Å²) in [5, 5.41) is 0. The summed E-state index contributed by atoms with van der Waals surface area (Å²) >= 11 is 0. The minimum atomic E-state index is -0.413. The number of fused-ring (bicyclic) bond motifs is 1. The second kappa shape index (κ2) is 4.07. The molecule has 1 aliphatic carbocycles. The molecule has 0 aliphatic heterocycles. The van der Waals surface area contributed by atoms with Crippen LogP contribution in [0, 0.1) is 5.41 Å². The molecule has 1 aromatic heterocycles. The summed E-state index contributed by atoms with van der Waals surface area (Å²) in [5.41, 5.74) is 13.3. The third-order valence-corrected chi connectivity index (χ3v) is 3.10. The van der Waals surface area contributed by atoms with Crippen LogP contribution in [0.5, 0.6) is 0 Å². The van der Waals surface area contributed by atoms with E-state index in [2.05, 4.69) is 23.8 Å². The van der Waals surface area contributed by atoms with Gasteiger partial charge in [0, 0.05) is 23.5 Å². The molecule has 0 bridgehead atoms. The normalized spacial score (nSPS) is 21.9. The minimum Gasteiger partial charge on any atom is -0.369 e. The lowest BCUT2D eigenvalue weighted by molar-refractivity contribution is -0.117. The zero-order valence-electron chi connectivity index (χ0n) is 10.2. The van der Waals surface area contributed by atoms with E-state index in [1.807, 2.05) is 0 Å². The Hall–Kier alpha value is -1.49. The molecule has 4 N–H and O–H groups in total. The number of carbonyl (C=O) groups is 1. The SMILES string of the molecule is CC1(C)Cc2nc(CC(N)=O)ncc2C(N)C1. The van der Waals surface area contributed by atoms with Gasteiger partial charge >= 0.3 is 0 Å². The van der Waals surface area contributed by atoms with Crippen LogP contribution in [-0.2, 0) is 17.6 Å². The van der Waals surface area contributed by atoms with Gasteiger partial charge < -0.3 is 11.5 Å². The van der Waals surface area contributed by atoms with Gasteiger partial charge in [0.25, 0.3) is 0 Å². The molecule has 0 fully saturated rings. The number of primary amides is 1. The minimum absolute atomic E-state index is 0.0172. The van der Waals surface area contributed by atoms with Crippen LogP contribution in [-0.4, -0.2) is 15.9 Å². The molecule has 92 valence electrons. The molecule has 0 saturated carbocycles. The Kier molecular flexibility index (Phi) is 2.87. The highest BCUT2D eigenvalue weighted by Crippen LogP contribution is 2.38. The molecule has 5 heteroatoms. The van der Waals surface area contributed by atoms with Crippen LogP contribution < -0.4 is 11.5 Å². The largest absolute Gasteiger partial charge is 0.369 e. The van der Waals surface area contributed by atoms with Crippen LogP contribution in [0.2, 0.25) is 0 Å². The molecule has 0 aromatic carbocycles. The molecule has 1 aromatic rings. The third-order valence-electron chi connectivity index (χ3n) is 3.10. The first-order valence-electron chi connectivity index (χ1n) is 5.76.